The van der Waals surface area contributed by atoms with Gasteiger partial charge in [-0.2, -0.15) is 5.10 Å². The molecule has 0 aliphatic carbocycles. The molecule has 0 saturated heterocycles. The summed E-state index contributed by atoms with van der Waals surface area (Å²) >= 11 is 6.25. The zero-order valence-electron chi connectivity index (χ0n) is 10.9. The maximum Gasteiger partial charge on any atom is 0.346 e. The SMILES string of the molecule is O=c1oc2ccccc2c(Cl)c1C=NNc1ccccc1. The minimum atomic E-state index is -0.516. The Labute approximate surface area is 125 Å². The monoisotopic (exact) mass is 298 g/mol. The number of rotatable bonds is 3. The Hall–Kier alpha value is -2.59. The van der Waals surface area contributed by atoms with Crippen LogP contribution in [0, 0.1) is 0 Å². The van der Waals surface area contributed by atoms with Crippen LogP contribution in [0.1, 0.15) is 5.56 Å². The summed E-state index contributed by atoms with van der Waals surface area (Å²) in [4.78, 5) is 11.9. The molecule has 5 heteroatoms. The van der Waals surface area contributed by atoms with Gasteiger partial charge in [0.05, 0.1) is 22.5 Å². The van der Waals surface area contributed by atoms with E-state index in [1.807, 2.05) is 36.4 Å². The Balaban J connectivity index is 1.95. The standard InChI is InChI=1S/C16H11ClN2O2/c17-15-12-8-4-5-9-14(12)21-16(20)13(15)10-18-19-11-6-2-1-3-7-11/h1-10,19H. The van der Waals surface area contributed by atoms with Crippen molar-refractivity contribution >= 4 is 34.5 Å². The number of fused-ring (bicyclic) bond motifs is 1. The van der Waals surface area contributed by atoms with Crippen LogP contribution in [0.4, 0.5) is 5.69 Å². The normalized spacial score (nSPS) is 11.1. The molecule has 0 unspecified atom stereocenters. The number of hydrazone groups is 1. The molecule has 0 atom stereocenters. The van der Waals surface area contributed by atoms with Crippen molar-refractivity contribution in [2.24, 2.45) is 5.10 Å². The molecule has 2 aromatic carbocycles. The first kappa shape index (κ1) is 13.4. The van der Waals surface area contributed by atoms with Gasteiger partial charge in [0.25, 0.3) is 0 Å². The first-order valence-corrected chi connectivity index (χ1v) is 6.69. The first-order chi connectivity index (χ1) is 10.3. The second-order valence-electron chi connectivity index (χ2n) is 4.35. The highest BCUT2D eigenvalue weighted by Gasteiger charge is 2.10. The number of nitrogens with one attached hydrogen (secondary N) is 1. The summed E-state index contributed by atoms with van der Waals surface area (Å²) < 4.78 is 5.22. The van der Waals surface area contributed by atoms with Gasteiger partial charge in [-0.3, -0.25) is 5.43 Å². The quantitative estimate of drug-likeness (QED) is 0.453. The molecule has 0 fully saturated rings. The number of hydrogen-bond donors (Lipinski definition) is 1. The van der Waals surface area contributed by atoms with Crippen molar-refractivity contribution in [1.29, 1.82) is 0 Å². The number of halogens is 1. The number of anilines is 1. The zero-order valence-corrected chi connectivity index (χ0v) is 11.7. The minimum Gasteiger partial charge on any atom is -0.422 e. The lowest BCUT2D eigenvalue weighted by molar-refractivity contribution is 0.560. The Morgan fingerprint density at radius 2 is 1.76 bits per heavy atom. The smallest absolute Gasteiger partial charge is 0.346 e. The van der Waals surface area contributed by atoms with Crippen molar-refractivity contribution in [3.8, 4) is 0 Å². The molecular formula is C16H11ClN2O2. The lowest BCUT2D eigenvalue weighted by Crippen LogP contribution is -2.08. The van der Waals surface area contributed by atoms with E-state index in [1.165, 1.54) is 6.21 Å². The van der Waals surface area contributed by atoms with Crippen LogP contribution in [0.2, 0.25) is 5.02 Å². The maximum absolute atomic E-state index is 11.9. The van der Waals surface area contributed by atoms with Gasteiger partial charge < -0.3 is 4.42 Å². The fraction of sp³-hybridized carbons (Fsp3) is 0. The molecule has 3 aromatic rings. The van der Waals surface area contributed by atoms with Crippen molar-refractivity contribution < 1.29 is 4.42 Å². The second kappa shape index (κ2) is 5.81. The topological polar surface area (TPSA) is 54.6 Å². The Kier molecular flexibility index (Phi) is 3.71. The molecule has 0 radical (unpaired) electrons. The maximum atomic E-state index is 11.9. The van der Waals surface area contributed by atoms with Crippen LogP contribution in [0.15, 0.2) is 68.9 Å². The molecule has 1 aromatic heterocycles. The molecule has 4 nitrogen and oxygen atoms in total. The van der Waals surface area contributed by atoms with E-state index >= 15 is 0 Å². The highest BCUT2D eigenvalue weighted by molar-refractivity contribution is 6.37. The third kappa shape index (κ3) is 2.80. The minimum absolute atomic E-state index is 0.221. The van der Waals surface area contributed by atoms with Gasteiger partial charge in [0.1, 0.15) is 5.58 Å². The van der Waals surface area contributed by atoms with Crippen molar-refractivity contribution in [3.63, 3.8) is 0 Å². The van der Waals surface area contributed by atoms with Crippen molar-refractivity contribution in [1.82, 2.24) is 0 Å². The van der Waals surface area contributed by atoms with Gasteiger partial charge >= 0.3 is 5.63 Å². The predicted molar refractivity (Wildman–Crippen MR) is 85.2 cm³/mol. The first-order valence-electron chi connectivity index (χ1n) is 6.31. The summed E-state index contributed by atoms with van der Waals surface area (Å²) in [5.41, 5.74) is 3.80. The van der Waals surface area contributed by atoms with E-state index in [2.05, 4.69) is 10.5 Å². The predicted octanol–water partition coefficient (Wildman–Crippen LogP) is 3.89. The van der Waals surface area contributed by atoms with E-state index in [0.717, 1.165) is 5.69 Å². The highest BCUT2D eigenvalue weighted by Crippen LogP contribution is 2.23. The fourth-order valence-corrected chi connectivity index (χ4v) is 2.20. The summed E-state index contributed by atoms with van der Waals surface area (Å²) in [5, 5.41) is 5.04. The van der Waals surface area contributed by atoms with E-state index in [9.17, 15) is 4.79 Å². The van der Waals surface area contributed by atoms with Crippen LogP contribution in [-0.4, -0.2) is 6.21 Å². The van der Waals surface area contributed by atoms with E-state index in [0.29, 0.717) is 16.0 Å². The van der Waals surface area contributed by atoms with Crippen molar-refractivity contribution in [3.05, 3.63) is 75.6 Å². The molecular weight excluding hydrogens is 288 g/mol. The van der Waals surface area contributed by atoms with Crippen LogP contribution >= 0.6 is 11.6 Å². The van der Waals surface area contributed by atoms with E-state index in [-0.39, 0.29) is 5.56 Å². The molecule has 0 aliphatic heterocycles. The highest BCUT2D eigenvalue weighted by atomic mass is 35.5. The molecule has 0 aliphatic rings. The van der Waals surface area contributed by atoms with Gasteiger partial charge in [0, 0.05) is 5.39 Å². The molecule has 0 saturated carbocycles. The summed E-state index contributed by atoms with van der Waals surface area (Å²) in [6, 6.07) is 16.5. The Morgan fingerprint density at radius 1 is 1.05 bits per heavy atom. The van der Waals surface area contributed by atoms with Gasteiger partial charge in [-0.15, -0.1) is 0 Å². The van der Waals surface area contributed by atoms with Crippen molar-refractivity contribution in [2.45, 2.75) is 0 Å². The molecule has 0 amide bonds. The van der Waals surface area contributed by atoms with Crippen LogP contribution in [0.3, 0.4) is 0 Å². The van der Waals surface area contributed by atoms with E-state index < -0.39 is 5.63 Å². The third-order valence-electron chi connectivity index (χ3n) is 2.94. The van der Waals surface area contributed by atoms with Crippen LogP contribution in [0.25, 0.3) is 11.0 Å². The largest absolute Gasteiger partial charge is 0.422 e. The molecule has 1 N–H and O–H groups in total. The number of nitrogens with zero attached hydrogens (tertiary/aromatic N) is 1. The van der Waals surface area contributed by atoms with E-state index in [4.69, 9.17) is 16.0 Å². The van der Waals surface area contributed by atoms with Gasteiger partial charge in [-0.1, -0.05) is 41.9 Å². The van der Waals surface area contributed by atoms with Gasteiger partial charge in [0.2, 0.25) is 0 Å². The number of hydrogen-bond acceptors (Lipinski definition) is 4. The van der Waals surface area contributed by atoms with Crippen LogP contribution in [-0.2, 0) is 0 Å². The lowest BCUT2D eigenvalue weighted by Gasteiger charge is -2.02. The van der Waals surface area contributed by atoms with Crippen molar-refractivity contribution in [2.75, 3.05) is 5.43 Å². The second-order valence-corrected chi connectivity index (χ2v) is 4.73. The molecule has 1 heterocycles. The Bertz CT molecular complexity index is 857. The summed E-state index contributed by atoms with van der Waals surface area (Å²) in [6.45, 7) is 0. The molecule has 0 bridgehead atoms. The third-order valence-corrected chi connectivity index (χ3v) is 3.35. The number of para-hydroxylation sites is 2. The lowest BCUT2D eigenvalue weighted by atomic mass is 10.2. The van der Waals surface area contributed by atoms with E-state index in [1.54, 1.807) is 18.2 Å². The van der Waals surface area contributed by atoms with Crippen LogP contribution in [0.5, 0.6) is 0 Å². The average molecular weight is 299 g/mol. The summed E-state index contributed by atoms with van der Waals surface area (Å²) in [6.07, 6.45) is 1.37. The van der Waals surface area contributed by atoms with Gasteiger partial charge in [0.15, 0.2) is 0 Å². The molecule has 3 rings (SSSR count). The van der Waals surface area contributed by atoms with Gasteiger partial charge in [-0.05, 0) is 24.3 Å². The molecule has 21 heavy (non-hydrogen) atoms. The number of benzene rings is 2. The fourth-order valence-electron chi connectivity index (χ4n) is 1.92. The summed E-state index contributed by atoms with van der Waals surface area (Å²) in [5.74, 6) is 0. The Morgan fingerprint density at radius 3 is 2.57 bits per heavy atom. The zero-order chi connectivity index (χ0) is 14.7. The molecule has 104 valence electrons. The average Bonchev–Trinajstić information content (AvgIpc) is 2.51. The van der Waals surface area contributed by atoms with Crippen LogP contribution < -0.4 is 11.1 Å². The molecule has 0 spiro atoms. The van der Waals surface area contributed by atoms with Gasteiger partial charge in [-0.25, -0.2) is 4.79 Å². The summed E-state index contributed by atoms with van der Waals surface area (Å²) in [7, 11) is 0.